The molecule has 2 rings (SSSR count). The molecule has 0 bridgehead atoms. The number of rotatable bonds is 5. The van der Waals surface area contributed by atoms with Gasteiger partial charge < -0.3 is 4.74 Å². The van der Waals surface area contributed by atoms with Gasteiger partial charge in [-0.1, -0.05) is 24.6 Å². The van der Waals surface area contributed by atoms with Gasteiger partial charge in [0, 0.05) is 5.56 Å². The van der Waals surface area contributed by atoms with Crippen molar-refractivity contribution in [1.82, 2.24) is 5.43 Å². The number of hydrazone groups is 1. The monoisotopic (exact) mass is 296 g/mol. The molecule has 0 unspecified atom stereocenters. The normalized spacial score (nSPS) is 11.1. The van der Waals surface area contributed by atoms with Gasteiger partial charge in [-0.3, -0.25) is 4.79 Å². The molecule has 0 saturated carbocycles. The number of carbonyl (C=O) groups excluding carboxylic acids is 1. The van der Waals surface area contributed by atoms with Gasteiger partial charge in [0.25, 0.3) is 5.91 Å². The second-order valence-electron chi connectivity index (χ2n) is 4.95. The van der Waals surface area contributed by atoms with Crippen LogP contribution < -0.4 is 10.2 Å². The number of carbonyl (C=O) groups is 1. The molecule has 2 aromatic rings. The van der Waals surface area contributed by atoms with Gasteiger partial charge in [0.05, 0.1) is 12.8 Å². The topological polar surface area (TPSA) is 50.7 Å². The van der Waals surface area contributed by atoms with Crippen LogP contribution in [-0.2, 0) is 0 Å². The second-order valence-corrected chi connectivity index (χ2v) is 4.95. The first-order chi connectivity index (χ1) is 10.6. The molecule has 0 aliphatic carbocycles. The Kier molecular flexibility index (Phi) is 5.31. The Labute approximate surface area is 130 Å². The van der Waals surface area contributed by atoms with E-state index in [1.807, 2.05) is 56.3 Å². The third-order valence-electron chi connectivity index (χ3n) is 3.33. The summed E-state index contributed by atoms with van der Waals surface area (Å²) in [5, 5.41) is 4.25. The van der Waals surface area contributed by atoms with Gasteiger partial charge in [0.15, 0.2) is 0 Å². The van der Waals surface area contributed by atoms with Crippen LogP contribution in [0.3, 0.4) is 0 Å². The summed E-state index contributed by atoms with van der Waals surface area (Å²) in [7, 11) is 1.63. The van der Waals surface area contributed by atoms with Crippen molar-refractivity contribution >= 4 is 11.6 Å². The van der Waals surface area contributed by atoms with E-state index in [1.54, 1.807) is 13.2 Å². The predicted octanol–water partition coefficient (Wildman–Crippen LogP) is 3.55. The van der Waals surface area contributed by atoms with Crippen LogP contribution in [0.4, 0.5) is 0 Å². The maximum atomic E-state index is 12.1. The fourth-order valence-corrected chi connectivity index (χ4v) is 2.10. The SMILES string of the molecule is CC/C(=N/NC(=O)c1cccc(C)c1)c1ccc(OC)cc1. The zero-order valence-electron chi connectivity index (χ0n) is 13.1. The molecule has 1 amide bonds. The van der Waals surface area contributed by atoms with Gasteiger partial charge in [-0.25, -0.2) is 5.43 Å². The standard InChI is InChI=1S/C18H20N2O2/c1-4-17(14-8-10-16(22-3)11-9-14)19-20-18(21)15-7-5-6-13(2)12-15/h5-12H,4H2,1-3H3,(H,20,21)/b19-17-. The van der Waals surface area contributed by atoms with E-state index in [0.29, 0.717) is 5.56 Å². The van der Waals surface area contributed by atoms with E-state index in [4.69, 9.17) is 4.74 Å². The maximum Gasteiger partial charge on any atom is 0.271 e. The number of hydrogen-bond donors (Lipinski definition) is 1. The summed E-state index contributed by atoms with van der Waals surface area (Å²) < 4.78 is 5.14. The number of amides is 1. The minimum absolute atomic E-state index is 0.205. The van der Waals surface area contributed by atoms with Crippen molar-refractivity contribution in [3.8, 4) is 5.75 Å². The highest BCUT2D eigenvalue weighted by Crippen LogP contribution is 2.13. The van der Waals surface area contributed by atoms with E-state index in [2.05, 4.69) is 10.5 Å². The number of nitrogens with one attached hydrogen (secondary N) is 1. The molecule has 0 fully saturated rings. The molecular formula is C18H20N2O2. The van der Waals surface area contributed by atoms with Crippen molar-refractivity contribution in [2.24, 2.45) is 5.10 Å². The van der Waals surface area contributed by atoms with E-state index in [0.717, 1.165) is 29.0 Å². The van der Waals surface area contributed by atoms with Gasteiger partial charge in [0.1, 0.15) is 5.75 Å². The van der Waals surface area contributed by atoms with Crippen LogP contribution in [0.15, 0.2) is 53.6 Å². The molecule has 0 aliphatic heterocycles. The minimum atomic E-state index is -0.205. The van der Waals surface area contributed by atoms with Crippen LogP contribution in [0.5, 0.6) is 5.75 Å². The fourth-order valence-electron chi connectivity index (χ4n) is 2.10. The Morgan fingerprint density at radius 1 is 1.14 bits per heavy atom. The summed E-state index contributed by atoms with van der Waals surface area (Å²) in [6.45, 7) is 3.96. The average molecular weight is 296 g/mol. The third kappa shape index (κ3) is 3.95. The summed E-state index contributed by atoms with van der Waals surface area (Å²) in [4.78, 5) is 12.1. The molecule has 22 heavy (non-hydrogen) atoms. The van der Waals surface area contributed by atoms with Crippen LogP contribution in [0.1, 0.15) is 34.8 Å². The summed E-state index contributed by atoms with van der Waals surface area (Å²) >= 11 is 0. The lowest BCUT2D eigenvalue weighted by Crippen LogP contribution is -2.20. The van der Waals surface area contributed by atoms with Crippen LogP contribution in [0, 0.1) is 6.92 Å². The Morgan fingerprint density at radius 2 is 1.86 bits per heavy atom. The first-order valence-electron chi connectivity index (χ1n) is 7.22. The van der Waals surface area contributed by atoms with Crippen molar-refractivity contribution in [3.05, 3.63) is 65.2 Å². The van der Waals surface area contributed by atoms with E-state index in [-0.39, 0.29) is 5.91 Å². The van der Waals surface area contributed by atoms with Gasteiger partial charge in [-0.05, 0) is 55.3 Å². The largest absolute Gasteiger partial charge is 0.497 e. The van der Waals surface area contributed by atoms with Gasteiger partial charge in [-0.2, -0.15) is 5.10 Å². The highest BCUT2D eigenvalue weighted by Gasteiger charge is 2.06. The van der Waals surface area contributed by atoms with E-state index in [9.17, 15) is 4.79 Å². The Balaban J connectivity index is 2.13. The minimum Gasteiger partial charge on any atom is -0.497 e. The predicted molar refractivity (Wildman–Crippen MR) is 88.5 cm³/mol. The number of ether oxygens (including phenoxy) is 1. The lowest BCUT2D eigenvalue weighted by Gasteiger charge is -2.07. The quantitative estimate of drug-likeness (QED) is 0.677. The molecule has 0 atom stereocenters. The Bertz CT molecular complexity index is 676. The Hall–Kier alpha value is -2.62. The smallest absolute Gasteiger partial charge is 0.271 e. The van der Waals surface area contributed by atoms with Crippen LogP contribution in [0.2, 0.25) is 0 Å². The van der Waals surface area contributed by atoms with Crippen molar-refractivity contribution in [2.45, 2.75) is 20.3 Å². The first kappa shape index (κ1) is 15.8. The van der Waals surface area contributed by atoms with Gasteiger partial charge in [0.2, 0.25) is 0 Å². The summed E-state index contributed by atoms with van der Waals surface area (Å²) in [5.41, 5.74) is 6.06. The van der Waals surface area contributed by atoms with Crippen molar-refractivity contribution in [1.29, 1.82) is 0 Å². The van der Waals surface area contributed by atoms with E-state index in [1.165, 1.54) is 0 Å². The number of hydrogen-bond acceptors (Lipinski definition) is 3. The zero-order valence-corrected chi connectivity index (χ0v) is 13.1. The third-order valence-corrected chi connectivity index (χ3v) is 3.33. The van der Waals surface area contributed by atoms with Crippen LogP contribution in [-0.4, -0.2) is 18.7 Å². The van der Waals surface area contributed by atoms with Gasteiger partial charge in [-0.15, -0.1) is 0 Å². The Morgan fingerprint density at radius 3 is 2.45 bits per heavy atom. The molecule has 0 aromatic heterocycles. The number of methoxy groups -OCH3 is 1. The lowest BCUT2D eigenvalue weighted by molar-refractivity contribution is 0.0954. The summed E-state index contributed by atoms with van der Waals surface area (Å²) in [6, 6.07) is 15.0. The van der Waals surface area contributed by atoms with Crippen LogP contribution >= 0.6 is 0 Å². The molecule has 0 heterocycles. The second kappa shape index (κ2) is 7.41. The molecule has 2 aromatic carbocycles. The number of nitrogens with zero attached hydrogens (tertiary/aromatic N) is 1. The molecule has 4 heteroatoms. The van der Waals surface area contributed by atoms with Crippen molar-refractivity contribution in [3.63, 3.8) is 0 Å². The molecule has 0 radical (unpaired) electrons. The van der Waals surface area contributed by atoms with Crippen LogP contribution in [0.25, 0.3) is 0 Å². The van der Waals surface area contributed by atoms with Crippen molar-refractivity contribution in [2.75, 3.05) is 7.11 Å². The average Bonchev–Trinajstić information content (AvgIpc) is 2.55. The lowest BCUT2D eigenvalue weighted by atomic mass is 10.1. The van der Waals surface area contributed by atoms with E-state index >= 15 is 0 Å². The fraction of sp³-hybridized carbons (Fsp3) is 0.222. The number of aryl methyl sites for hydroxylation is 1. The highest BCUT2D eigenvalue weighted by molar-refractivity contribution is 6.02. The zero-order chi connectivity index (χ0) is 15.9. The highest BCUT2D eigenvalue weighted by atomic mass is 16.5. The van der Waals surface area contributed by atoms with Crippen molar-refractivity contribution < 1.29 is 9.53 Å². The summed E-state index contributed by atoms with van der Waals surface area (Å²) in [5.74, 6) is 0.589. The molecular weight excluding hydrogens is 276 g/mol. The first-order valence-corrected chi connectivity index (χ1v) is 7.22. The maximum absolute atomic E-state index is 12.1. The molecule has 114 valence electrons. The number of benzene rings is 2. The summed E-state index contributed by atoms with van der Waals surface area (Å²) in [6.07, 6.45) is 0.723. The molecule has 0 aliphatic rings. The molecule has 4 nitrogen and oxygen atoms in total. The molecule has 0 spiro atoms. The molecule has 0 saturated heterocycles. The van der Waals surface area contributed by atoms with Gasteiger partial charge >= 0.3 is 0 Å². The van der Waals surface area contributed by atoms with E-state index < -0.39 is 0 Å². The molecule has 1 N–H and O–H groups in total.